The second-order valence-electron chi connectivity index (χ2n) is 4.88. The lowest BCUT2D eigenvalue weighted by Gasteiger charge is -2.10. The molecule has 0 aliphatic carbocycles. The molecule has 3 rings (SSSR count). The highest BCUT2D eigenvalue weighted by molar-refractivity contribution is 5.35. The van der Waals surface area contributed by atoms with Gasteiger partial charge in [0, 0.05) is 30.7 Å². The molecule has 0 unspecified atom stereocenters. The summed E-state index contributed by atoms with van der Waals surface area (Å²) < 4.78 is 3.52. The van der Waals surface area contributed by atoms with Crippen LogP contribution in [0.3, 0.4) is 0 Å². The second kappa shape index (κ2) is 5.82. The van der Waals surface area contributed by atoms with E-state index < -0.39 is 11.0 Å². The van der Waals surface area contributed by atoms with Crippen molar-refractivity contribution in [3.63, 3.8) is 0 Å². The number of nitro groups is 1. The predicted molar refractivity (Wildman–Crippen MR) is 79.6 cm³/mol. The van der Waals surface area contributed by atoms with Gasteiger partial charge < -0.3 is 9.67 Å². The van der Waals surface area contributed by atoms with Crippen molar-refractivity contribution in [2.24, 2.45) is 0 Å². The van der Waals surface area contributed by atoms with Crippen molar-refractivity contribution >= 4 is 5.69 Å². The highest BCUT2D eigenvalue weighted by Crippen LogP contribution is 2.20. The molecule has 0 spiro atoms. The number of aliphatic hydroxyl groups excluding tert-OH is 1. The maximum Gasteiger partial charge on any atom is 0.269 e. The van der Waals surface area contributed by atoms with E-state index in [-0.39, 0.29) is 12.2 Å². The standard InChI is InChI=1S/C15H14N4O3/c20-15(12-4-3-5-13(8-12)19(21)22)11-18-10-14(9-16-18)17-6-1-2-7-17/h1-10,15,20H,11H2/t15-/m0/s1. The summed E-state index contributed by atoms with van der Waals surface area (Å²) in [7, 11) is 0. The van der Waals surface area contributed by atoms with Gasteiger partial charge in [0.25, 0.3) is 5.69 Å². The second-order valence-corrected chi connectivity index (χ2v) is 4.88. The third kappa shape index (κ3) is 2.89. The van der Waals surface area contributed by atoms with E-state index in [2.05, 4.69) is 5.10 Å². The molecular formula is C15H14N4O3. The number of nitrogens with zero attached hydrogens (tertiary/aromatic N) is 4. The Morgan fingerprint density at radius 1 is 1.27 bits per heavy atom. The Morgan fingerprint density at radius 2 is 2.05 bits per heavy atom. The molecule has 0 amide bonds. The van der Waals surface area contributed by atoms with E-state index in [1.165, 1.54) is 12.1 Å². The Morgan fingerprint density at radius 3 is 2.77 bits per heavy atom. The summed E-state index contributed by atoms with van der Waals surface area (Å²) >= 11 is 0. The first-order valence-corrected chi connectivity index (χ1v) is 6.72. The minimum absolute atomic E-state index is 0.0370. The Kier molecular flexibility index (Phi) is 3.71. The first-order valence-electron chi connectivity index (χ1n) is 6.72. The van der Waals surface area contributed by atoms with E-state index in [4.69, 9.17) is 0 Å². The van der Waals surface area contributed by atoms with Crippen LogP contribution >= 0.6 is 0 Å². The van der Waals surface area contributed by atoms with Gasteiger partial charge in [-0.25, -0.2) is 0 Å². The van der Waals surface area contributed by atoms with Crippen molar-refractivity contribution in [3.8, 4) is 5.69 Å². The fourth-order valence-electron chi connectivity index (χ4n) is 2.22. The molecule has 2 heterocycles. The molecule has 7 nitrogen and oxygen atoms in total. The fraction of sp³-hybridized carbons (Fsp3) is 0.133. The third-order valence-corrected chi connectivity index (χ3v) is 3.35. The lowest BCUT2D eigenvalue weighted by molar-refractivity contribution is -0.385. The summed E-state index contributed by atoms with van der Waals surface area (Å²) in [5.74, 6) is 0. The summed E-state index contributed by atoms with van der Waals surface area (Å²) in [5, 5.41) is 25.2. The van der Waals surface area contributed by atoms with Crippen LogP contribution in [0.5, 0.6) is 0 Å². The van der Waals surface area contributed by atoms with E-state index in [0.717, 1.165) is 5.69 Å². The molecule has 0 saturated carbocycles. The molecule has 22 heavy (non-hydrogen) atoms. The molecule has 0 aliphatic rings. The molecule has 0 radical (unpaired) electrons. The normalized spacial score (nSPS) is 12.2. The summed E-state index contributed by atoms with van der Waals surface area (Å²) in [6, 6.07) is 9.82. The lowest BCUT2D eigenvalue weighted by Crippen LogP contribution is -2.09. The van der Waals surface area contributed by atoms with Crippen LogP contribution in [0.15, 0.2) is 61.2 Å². The maximum absolute atomic E-state index is 10.8. The molecule has 2 aromatic heterocycles. The molecule has 0 saturated heterocycles. The fourth-order valence-corrected chi connectivity index (χ4v) is 2.22. The molecule has 1 aromatic carbocycles. The van der Waals surface area contributed by atoms with Gasteiger partial charge in [-0.05, 0) is 17.7 Å². The van der Waals surface area contributed by atoms with Crippen molar-refractivity contribution in [2.45, 2.75) is 12.6 Å². The first-order chi connectivity index (χ1) is 10.6. The van der Waals surface area contributed by atoms with Crippen LogP contribution in [-0.2, 0) is 6.54 Å². The van der Waals surface area contributed by atoms with Crippen LogP contribution in [0.25, 0.3) is 5.69 Å². The molecule has 0 fully saturated rings. The average molecular weight is 298 g/mol. The third-order valence-electron chi connectivity index (χ3n) is 3.35. The smallest absolute Gasteiger partial charge is 0.269 e. The van der Waals surface area contributed by atoms with Gasteiger partial charge in [0.15, 0.2) is 0 Å². The van der Waals surface area contributed by atoms with Crippen molar-refractivity contribution in [1.82, 2.24) is 14.3 Å². The molecular weight excluding hydrogens is 284 g/mol. The Hall–Kier alpha value is -2.93. The predicted octanol–water partition coefficient (Wildman–Crippen LogP) is 2.32. The zero-order valence-electron chi connectivity index (χ0n) is 11.6. The topological polar surface area (TPSA) is 86.1 Å². The Balaban J connectivity index is 1.75. The van der Waals surface area contributed by atoms with Crippen molar-refractivity contribution in [1.29, 1.82) is 0 Å². The summed E-state index contributed by atoms with van der Waals surface area (Å²) in [4.78, 5) is 10.3. The van der Waals surface area contributed by atoms with Gasteiger partial charge in [-0.3, -0.25) is 14.8 Å². The highest BCUT2D eigenvalue weighted by atomic mass is 16.6. The monoisotopic (exact) mass is 298 g/mol. The maximum atomic E-state index is 10.8. The number of benzene rings is 1. The summed E-state index contributed by atoms with van der Waals surface area (Å²) in [6.45, 7) is 0.225. The van der Waals surface area contributed by atoms with Crippen LogP contribution in [0.4, 0.5) is 5.69 Å². The van der Waals surface area contributed by atoms with Gasteiger partial charge in [0.1, 0.15) is 0 Å². The zero-order chi connectivity index (χ0) is 15.5. The number of hydrogen-bond donors (Lipinski definition) is 1. The van der Waals surface area contributed by atoms with Crippen molar-refractivity contribution < 1.29 is 10.0 Å². The number of hydrogen-bond acceptors (Lipinski definition) is 4. The van der Waals surface area contributed by atoms with Crippen LogP contribution < -0.4 is 0 Å². The van der Waals surface area contributed by atoms with Gasteiger partial charge in [-0.15, -0.1) is 0 Å². The summed E-state index contributed by atoms with van der Waals surface area (Å²) in [6.07, 6.45) is 6.44. The van der Waals surface area contributed by atoms with Crippen LogP contribution in [-0.4, -0.2) is 24.4 Å². The van der Waals surface area contributed by atoms with Crippen molar-refractivity contribution in [2.75, 3.05) is 0 Å². The first kappa shape index (κ1) is 14.0. The minimum atomic E-state index is -0.864. The van der Waals surface area contributed by atoms with Crippen LogP contribution in [0.1, 0.15) is 11.7 Å². The molecule has 1 atom stereocenters. The number of non-ortho nitro benzene ring substituents is 1. The van der Waals surface area contributed by atoms with E-state index in [1.807, 2.05) is 29.1 Å². The summed E-state index contributed by atoms with van der Waals surface area (Å²) in [5.41, 5.74) is 1.34. The Labute approximate surface area is 126 Å². The number of nitro benzene ring substituents is 1. The van der Waals surface area contributed by atoms with E-state index in [9.17, 15) is 15.2 Å². The van der Waals surface area contributed by atoms with Crippen LogP contribution in [0, 0.1) is 10.1 Å². The van der Waals surface area contributed by atoms with Gasteiger partial charge in [0.05, 0.1) is 29.5 Å². The van der Waals surface area contributed by atoms with Gasteiger partial charge in [-0.2, -0.15) is 5.10 Å². The van der Waals surface area contributed by atoms with Crippen molar-refractivity contribution in [3.05, 3.63) is 76.9 Å². The molecule has 7 heteroatoms. The molecule has 3 aromatic rings. The van der Waals surface area contributed by atoms with Gasteiger partial charge in [0.2, 0.25) is 0 Å². The molecule has 0 aliphatic heterocycles. The molecule has 1 N–H and O–H groups in total. The average Bonchev–Trinajstić information content (AvgIpc) is 3.18. The van der Waals surface area contributed by atoms with E-state index >= 15 is 0 Å². The molecule has 112 valence electrons. The quantitative estimate of drug-likeness (QED) is 0.578. The number of aromatic nitrogens is 3. The largest absolute Gasteiger partial charge is 0.386 e. The Bertz CT molecular complexity index is 780. The van der Waals surface area contributed by atoms with E-state index in [0.29, 0.717) is 5.56 Å². The SMILES string of the molecule is O=[N+]([O-])c1cccc([C@@H](O)Cn2cc(-n3cccc3)cn2)c1. The molecule has 0 bridgehead atoms. The number of rotatable bonds is 5. The lowest BCUT2D eigenvalue weighted by atomic mass is 10.1. The van der Waals surface area contributed by atoms with Gasteiger partial charge >= 0.3 is 0 Å². The van der Waals surface area contributed by atoms with E-state index in [1.54, 1.807) is 29.2 Å². The zero-order valence-corrected chi connectivity index (χ0v) is 11.6. The van der Waals surface area contributed by atoms with Crippen LogP contribution in [0.2, 0.25) is 0 Å². The van der Waals surface area contributed by atoms with Gasteiger partial charge in [-0.1, -0.05) is 12.1 Å². The minimum Gasteiger partial charge on any atom is -0.386 e. The number of aliphatic hydroxyl groups is 1. The highest BCUT2D eigenvalue weighted by Gasteiger charge is 2.13.